The maximum Gasteiger partial charge on any atom is 0.103 e. The summed E-state index contributed by atoms with van der Waals surface area (Å²) in [5.74, 6) is 2.26. The molecule has 0 saturated carbocycles. The average molecular weight is 304 g/mol. The fraction of sp³-hybridized carbons (Fsp3) is 0.214. The number of hydrogen-bond acceptors (Lipinski definition) is 5. The van der Waals surface area contributed by atoms with Crippen molar-refractivity contribution in [3.05, 3.63) is 43.8 Å². The quantitative estimate of drug-likeness (QED) is 0.855. The lowest BCUT2D eigenvalue weighted by Gasteiger charge is -2.08. The Morgan fingerprint density at radius 1 is 1.37 bits per heavy atom. The minimum atomic E-state index is 0.598. The SMILES string of the molecule is N#C/C(=C(/N)c1cc2c(s1)CCSC2)c1cccs1. The van der Waals surface area contributed by atoms with Crippen molar-refractivity contribution in [2.75, 3.05) is 5.75 Å². The highest BCUT2D eigenvalue weighted by molar-refractivity contribution is 7.98. The second kappa shape index (κ2) is 5.41. The van der Waals surface area contributed by atoms with Gasteiger partial charge < -0.3 is 5.73 Å². The van der Waals surface area contributed by atoms with Crippen LogP contribution in [0, 0.1) is 11.3 Å². The summed E-state index contributed by atoms with van der Waals surface area (Å²) in [5.41, 5.74) is 8.83. The monoisotopic (exact) mass is 304 g/mol. The van der Waals surface area contributed by atoms with Crippen molar-refractivity contribution in [1.29, 1.82) is 5.26 Å². The van der Waals surface area contributed by atoms with E-state index in [4.69, 9.17) is 5.73 Å². The standard InChI is InChI=1S/C14H12N2S3/c15-7-10(12-2-1-4-18-12)14(16)13-6-9-8-17-5-3-11(9)19-13/h1-2,4,6H,3,5,8,16H2/b14-10-. The van der Waals surface area contributed by atoms with Crippen LogP contribution in [-0.4, -0.2) is 5.75 Å². The van der Waals surface area contributed by atoms with Gasteiger partial charge in [-0.15, -0.1) is 22.7 Å². The third-order valence-corrected chi connectivity index (χ3v) is 6.21. The first-order valence-electron chi connectivity index (χ1n) is 5.93. The number of thioether (sulfide) groups is 1. The van der Waals surface area contributed by atoms with Crippen LogP contribution in [-0.2, 0) is 12.2 Å². The number of aryl methyl sites for hydroxylation is 1. The van der Waals surface area contributed by atoms with E-state index in [9.17, 15) is 5.26 Å². The number of nitrogens with two attached hydrogens (primary N) is 1. The maximum atomic E-state index is 9.35. The molecule has 0 atom stereocenters. The molecule has 2 N–H and O–H groups in total. The van der Waals surface area contributed by atoms with E-state index in [1.165, 1.54) is 16.2 Å². The second-order valence-electron chi connectivity index (χ2n) is 4.24. The summed E-state index contributed by atoms with van der Waals surface area (Å²) >= 11 is 5.26. The van der Waals surface area contributed by atoms with Crippen molar-refractivity contribution in [2.24, 2.45) is 5.73 Å². The van der Waals surface area contributed by atoms with Crippen molar-refractivity contribution in [1.82, 2.24) is 0 Å². The lowest BCUT2D eigenvalue weighted by molar-refractivity contribution is 1.13. The second-order valence-corrected chi connectivity index (χ2v) is 7.43. The molecule has 3 heterocycles. The van der Waals surface area contributed by atoms with E-state index < -0.39 is 0 Å². The van der Waals surface area contributed by atoms with Crippen molar-refractivity contribution >= 4 is 45.7 Å². The topological polar surface area (TPSA) is 49.8 Å². The van der Waals surface area contributed by atoms with Crippen LogP contribution in [0.1, 0.15) is 20.2 Å². The van der Waals surface area contributed by atoms with Gasteiger partial charge in [0.1, 0.15) is 6.07 Å². The Morgan fingerprint density at radius 3 is 2.95 bits per heavy atom. The van der Waals surface area contributed by atoms with Crippen molar-refractivity contribution in [3.8, 4) is 6.07 Å². The van der Waals surface area contributed by atoms with Crippen molar-refractivity contribution < 1.29 is 0 Å². The third kappa shape index (κ3) is 2.44. The van der Waals surface area contributed by atoms with E-state index in [-0.39, 0.29) is 0 Å². The molecule has 2 aromatic rings. The largest absolute Gasteiger partial charge is 0.396 e. The van der Waals surface area contributed by atoms with E-state index in [1.54, 1.807) is 22.7 Å². The van der Waals surface area contributed by atoms with E-state index in [2.05, 4.69) is 12.1 Å². The lowest BCUT2D eigenvalue weighted by Crippen LogP contribution is -1.97. The fourth-order valence-corrected chi connectivity index (χ4v) is 5.14. The Balaban J connectivity index is 2.05. The summed E-state index contributed by atoms with van der Waals surface area (Å²) in [7, 11) is 0. The number of fused-ring (bicyclic) bond motifs is 1. The van der Waals surface area contributed by atoms with Crippen LogP contribution in [0.4, 0.5) is 0 Å². The van der Waals surface area contributed by atoms with Gasteiger partial charge in [0.25, 0.3) is 0 Å². The molecule has 0 saturated heterocycles. The van der Waals surface area contributed by atoms with Crippen LogP contribution < -0.4 is 5.73 Å². The van der Waals surface area contributed by atoms with Gasteiger partial charge in [-0.3, -0.25) is 0 Å². The molecular weight excluding hydrogens is 292 g/mol. The van der Waals surface area contributed by atoms with Crippen LogP contribution in [0.2, 0.25) is 0 Å². The first-order chi connectivity index (χ1) is 9.29. The molecule has 0 aromatic carbocycles. The smallest absolute Gasteiger partial charge is 0.103 e. The predicted molar refractivity (Wildman–Crippen MR) is 85.1 cm³/mol. The molecule has 2 nitrogen and oxygen atoms in total. The molecule has 0 fully saturated rings. The van der Waals surface area contributed by atoms with Crippen LogP contribution in [0.15, 0.2) is 23.6 Å². The third-order valence-electron chi connectivity index (χ3n) is 3.04. The maximum absolute atomic E-state index is 9.35. The number of allylic oxidation sites excluding steroid dienone is 1. The average Bonchev–Trinajstić information content (AvgIpc) is 3.08. The molecule has 0 aliphatic carbocycles. The Labute approximate surface area is 124 Å². The summed E-state index contributed by atoms with van der Waals surface area (Å²) in [6.45, 7) is 0. The van der Waals surface area contributed by atoms with Gasteiger partial charge in [-0.25, -0.2) is 0 Å². The molecule has 0 unspecified atom stereocenters. The molecule has 0 bridgehead atoms. The molecule has 1 aliphatic rings. The van der Waals surface area contributed by atoms with E-state index >= 15 is 0 Å². The highest BCUT2D eigenvalue weighted by Gasteiger charge is 2.17. The molecule has 0 radical (unpaired) electrons. The van der Waals surface area contributed by atoms with Crippen molar-refractivity contribution in [3.63, 3.8) is 0 Å². The van der Waals surface area contributed by atoms with Crippen LogP contribution in [0.25, 0.3) is 11.3 Å². The number of nitrogens with zero attached hydrogens (tertiary/aromatic N) is 1. The van der Waals surface area contributed by atoms with E-state index in [0.717, 1.165) is 21.9 Å². The summed E-state index contributed by atoms with van der Waals surface area (Å²) < 4.78 is 0. The van der Waals surface area contributed by atoms with Crippen LogP contribution in [0.5, 0.6) is 0 Å². The van der Waals surface area contributed by atoms with Gasteiger partial charge in [0.15, 0.2) is 0 Å². The first-order valence-corrected chi connectivity index (χ1v) is 8.78. The molecule has 0 spiro atoms. The molecule has 96 valence electrons. The molecular formula is C14H12N2S3. The highest BCUT2D eigenvalue weighted by Crippen LogP contribution is 2.36. The van der Waals surface area contributed by atoms with Gasteiger partial charge in [-0.1, -0.05) is 6.07 Å². The molecule has 5 heteroatoms. The summed E-state index contributed by atoms with van der Waals surface area (Å²) in [4.78, 5) is 3.42. The van der Waals surface area contributed by atoms with Gasteiger partial charge in [-0.2, -0.15) is 17.0 Å². The molecule has 19 heavy (non-hydrogen) atoms. The Hall–Kier alpha value is -1.22. The zero-order chi connectivity index (χ0) is 13.2. The van der Waals surface area contributed by atoms with Gasteiger partial charge in [0.2, 0.25) is 0 Å². The molecule has 1 aliphatic heterocycles. The zero-order valence-corrected chi connectivity index (χ0v) is 12.6. The number of nitriles is 1. The number of rotatable bonds is 2. The highest BCUT2D eigenvalue weighted by atomic mass is 32.2. The lowest BCUT2D eigenvalue weighted by atomic mass is 10.1. The molecule has 0 amide bonds. The summed E-state index contributed by atoms with van der Waals surface area (Å²) in [6, 6.07) is 8.30. The fourth-order valence-electron chi connectivity index (χ4n) is 2.07. The molecule has 2 aromatic heterocycles. The van der Waals surface area contributed by atoms with Crippen molar-refractivity contribution in [2.45, 2.75) is 12.2 Å². The number of thiophene rings is 2. The Kier molecular flexibility index (Phi) is 3.65. The van der Waals surface area contributed by atoms with E-state index in [1.807, 2.05) is 29.3 Å². The molecule has 3 rings (SSSR count). The number of hydrogen-bond donors (Lipinski definition) is 1. The normalized spacial score (nSPS) is 15.5. The van der Waals surface area contributed by atoms with Crippen LogP contribution in [0.3, 0.4) is 0 Å². The summed E-state index contributed by atoms with van der Waals surface area (Å²) in [6.07, 6.45) is 1.12. The minimum Gasteiger partial charge on any atom is -0.396 e. The summed E-state index contributed by atoms with van der Waals surface area (Å²) in [5, 5.41) is 11.3. The minimum absolute atomic E-state index is 0.598. The van der Waals surface area contributed by atoms with Crippen LogP contribution >= 0.6 is 34.4 Å². The van der Waals surface area contributed by atoms with E-state index in [0.29, 0.717) is 11.3 Å². The Bertz CT molecular complexity index is 636. The first kappa shape index (κ1) is 12.8. The van der Waals surface area contributed by atoms with Gasteiger partial charge in [-0.05, 0) is 35.2 Å². The Morgan fingerprint density at radius 2 is 2.26 bits per heavy atom. The zero-order valence-electron chi connectivity index (χ0n) is 10.2. The van der Waals surface area contributed by atoms with Gasteiger partial charge in [0.05, 0.1) is 16.1 Å². The predicted octanol–water partition coefficient (Wildman–Crippen LogP) is 3.95. The van der Waals surface area contributed by atoms with Gasteiger partial charge >= 0.3 is 0 Å². The van der Waals surface area contributed by atoms with Gasteiger partial charge in [0, 0.05) is 15.5 Å².